The predicted molar refractivity (Wildman–Crippen MR) is 53.0 cm³/mol. The Morgan fingerprint density at radius 3 is 3.00 bits per heavy atom. The maximum Gasteiger partial charge on any atom is 0.0853 e. The topological polar surface area (TPSA) is 33.1 Å². The molecule has 0 unspecified atom stereocenters. The van der Waals surface area contributed by atoms with Gasteiger partial charge in [0, 0.05) is 5.33 Å². The molecule has 0 fully saturated rings. The van der Waals surface area contributed by atoms with Crippen molar-refractivity contribution in [3.63, 3.8) is 0 Å². The lowest BCUT2D eigenvalue weighted by Gasteiger charge is -1.95. The van der Waals surface area contributed by atoms with E-state index in [4.69, 9.17) is 5.11 Å². The number of nitrogens with zero attached hydrogens (tertiary/aromatic N) is 1. The third-order valence-corrected chi connectivity index (χ3v) is 1.74. The summed E-state index contributed by atoms with van der Waals surface area (Å²) in [5, 5.41) is 9.61. The number of aliphatic hydroxyl groups excluding tert-OH is 1. The number of rotatable bonds is 3. The first-order valence-corrected chi connectivity index (χ1v) is 4.78. The van der Waals surface area contributed by atoms with Crippen molar-refractivity contribution in [2.75, 3.05) is 5.33 Å². The molecule has 0 bridgehead atoms. The Balaban J connectivity index is 2.79. The summed E-state index contributed by atoms with van der Waals surface area (Å²) in [6.45, 7) is -0.00398. The Bertz CT molecular complexity index is 273. The molecular weight excluding hydrogens is 218 g/mol. The van der Waals surface area contributed by atoms with Gasteiger partial charge in [-0.1, -0.05) is 28.1 Å². The van der Waals surface area contributed by atoms with Gasteiger partial charge in [0.1, 0.15) is 0 Å². The van der Waals surface area contributed by atoms with Gasteiger partial charge in [0.15, 0.2) is 0 Å². The zero-order valence-electron chi connectivity index (χ0n) is 6.57. The molecule has 0 atom stereocenters. The summed E-state index contributed by atoms with van der Waals surface area (Å²) in [6.07, 6.45) is 3.87. The molecule has 0 aliphatic rings. The first kappa shape index (κ1) is 9.42. The maximum atomic E-state index is 8.79. The van der Waals surface area contributed by atoms with Crippen LogP contribution in [0.5, 0.6) is 0 Å². The summed E-state index contributed by atoms with van der Waals surface area (Å²) in [7, 11) is 0. The van der Waals surface area contributed by atoms with Gasteiger partial charge in [0.25, 0.3) is 0 Å². The molecule has 0 amide bonds. The highest BCUT2D eigenvalue weighted by molar-refractivity contribution is 9.09. The van der Waals surface area contributed by atoms with Gasteiger partial charge in [-0.05, 0) is 18.2 Å². The molecule has 0 saturated carbocycles. The van der Waals surface area contributed by atoms with Crippen LogP contribution in [0.15, 0.2) is 24.3 Å². The fourth-order valence-corrected chi connectivity index (χ4v) is 1.03. The van der Waals surface area contributed by atoms with Crippen molar-refractivity contribution in [1.29, 1.82) is 0 Å². The van der Waals surface area contributed by atoms with Gasteiger partial charge in [-0.3, -0.25) is 4.98 Å². The highest BCUT2D eigenvalue weighted by Crippen LogP contribution is 2.01. The highest BCUT2D eigenvalue weighted by Gasteiger charge is 1.91. The summed E-state index contributed by atoms with van der Waals surface area (Å²) < 4.78 is 0. The van der Waals surface area contributed by atoms with Crippen LogP contribution in [-0.2, 0) is 6.61 Å². The zero-order chi connectivity index (χ0) is 8.81. The van der Waals surface area contributed by atoms with Gasteiger partial charge in [0.2, 0.25) is 0 Å². The number of allylic oxidation sites excluding steroid dienone is 1. The van der Waals surface area contributed by atoms with E-state index in [0.717, 1.165) is 11.0 Å². The molecule has 0 aliphatic heterocycles. The molecule has 0 radical (unpaired) electrons. The molecule has 0 saturated heterocycles. The van der Waals surface area contributed by atoms with Crippen LogP contribution in [0.2, 0.25) is 0 Å². The minimum Gasteiger partial charge on any atom is -0.390 e. The number of hydrogen-bond donors (Lipinski definition) is 1. The van der Waals surface area contributed by atoms with Crippen LogP contribution in [0, 0.1) is 0 Å². The number of aromatic nitrogens is 1. The lowest BCUT2D eigenvalue weighted by Crippen LogP contribution is -1.89. The number of aliphatic hydroxyl groups is 1. The molecule has 12 heavy (non-hydrogen) atoms. The third-order valence-electron chi connectivity index (χ3n) is 1.37. The predicted octanol–water partition coefficient (Wildman–Crippen LogP) is 1.98. The second kappa shape index (κ2) is 5.06. The van der Waals surface area contributed by atoms with E-state index < -0.39 is 0 Å². The molecule has 1 aromatic heterocycles. The quantitative estimate of drug-likeness (QED) is 0.802. The second-order valence-corrected chi connectivity index (χ2v) is 2.92. The minimum absolute atomic E-state index is 0.00398. The zero-order valence-corrected chi connectivity index (χ0v) is 8.16. The molecule has 1 rings (SSSR count). The van der Waals surface area contributed by atoms with Gasteiger partial charge in [-0.25, -0.2) is 0 Å². The van der Waals surface area contributed by atoms with Crippen LogP contribution in [0.3, 0.4) is 0 Å². The highest BCUT2D eigenvalue weighted by atomic mass is 79.9. The van der Waals surface area contributed by atoms with E-state index in [0.29, 0.717) is 5.69 Å². The molecule has 3 heteroatoms. The number of hydrogen-bond acceptors (Lipinski definition) is 2. The van der Waals surface area contributed by atoms with Crippen molar-refractivity contribution in [3.8, 4) is 0 Å². The van der Waals surface area contributed by atoms with Gasteiger partial charge >= 0.3 is 0 Å². The van der Waals surface area contributed by atoms with Gasteiger partial charge in [-0.15, -0.1) is 0 Å². The van der Waals surface area contributed by atoms with E-state index in [1.54, 1.807) is 6.07 Å². The molecule has 2 nitrogen and oxygen atoms in total. The van der Waals surface area contributed by atoms with Crippen molar-refractivity contribution in [3.05, 3.63) is 35.7 Å². The van der Waals surface area contributed by atoms with Crippen molar-refractivity contribution in [2.24, 2.45) is 0 Å². The van der Waals surface area contributed by atoms with E-state index >= 15 is 0 Å². The Kier molecular flexibility index (Phi) is 3.97. The molecule has 0 aliphatic carbocycles. The van der Waals surface area contributed by atoms with E-state index in [2.05, 4.69) is 20.9 Å². The van der Waals surface area contributed by atoms with Crippen LogP contribution < -0.4 is 0 Å². The number of alkyl halides is 1. The molecule has 1 N–H and O–H groups in total. The average Bonchev–Trinajstić information content (AvgIpc) is 2.15. The smallest absolute Gasteiger partial charge is 0.0853 e. The van der Waals surface area contributed by atoms with Crippen molar-refractivity contribution >= 4 is 22.0 Å². The van der Waals surface area contributed by atoms with Crippen LogP contribution >= 0.6 is 15.9 Å². The first-order chi connectivity index (χ1) is 5.86. The van der Waals surface area contributed by atoms with E-state index in [1.807, 2.05) is 24.3 Å². The molecular formula is C9H10BrNO. The average molecular weight is 228 g/mol. The minimum atomic E-state index is -0.00398. The molecule has 0 aromatic carbocycles. The lowest BCUT2D eigenvalue weighted by molar-refractivity contribution is 0.277. The Morgan fingerprint density at radius 1 is 1.50 bits per heavy atom. The largest absolute Gasteiger partial charge is 0.390 e. The van der Waals surface area contributed by atoms with Crippen LogP contribution in [0.1, 0.15) is 11.4 Å². The summed E-state index contributed by atoms with van der Waals surface area (Å²) in [6, 6.07) is 5.58. The van der Waals surface area contributed by atoms with Gasteiger partial charge < -0.3 is 5.11 Å². The first-order valence-electron chi connectivity index (χ1n) is 3.66. The summed E-state index contributed by atoms with van der Waals surface area (Å²) in [5.74, 6) is 0. The van der Waals surface area contributed by atoms with Crippen molar-refractivity contribution in [2.45, 2.75) is 6.61 Å². The van der Waals surface area contributed by atoms with Crippen LogP contribution in [0.4, 0.5) is 0 Å². The van der Waals surface area contributed by atoms with Crippen LogP contribution in [0.25, 0.3) is 6.08 Å². The standard InChI is InChI=1S/C9H10BrNO/c10-6-2-5-8-3-1-4-9(7-12)11-8/h1-5,12H,6-7H2. The summed E-state index contributed by atoms with van der Waals surface area (Å²) >= 11 is 3.28. The fourth-order valence-electron chi connectivity index (χ4n) is 0.844. The summed E-state index contributed by atoms with van der Waals surface area (Å²) in [4.78, 5) is 4.17. The number of halogens is 1. The molecule has 1 heterocycles. The SMILES string of the molecule is OCc1cccc(C=CCBr)n1. The van der Waals surface area contributed by atoms with Gasteiger partial charge in [0.05, 0.1) is 18.0 Å². The van der Waals surface area contributed by atoms with Crippen molar-refractivity contribution in [1.82, 2.24) is 4.98 Å². The Hall–Kier alpha value is -0.670. The Labute approximate surface area is 80.1 Å². The number of pyridine rings is 1. The van der Waals surface area contributed by atoms with E-state index in [1.165, 1.54) is 0 Å². The molecule has 64 valence electrons. The molecule has 1 aromatic rings. The monoisotopic (exact) mass is 227 g/mol. The normalized spacial score (nSPS) is 10.8. The molecule has 0 spiro atoms. The Morgan fingerprint density at radius 2 is 2.33 bits per heavy atom. The third kappa shape index (κ3) is 2.75. The second-order valence-electron chi connectivity index (χ2n) is 2.27. The van der Waals surface area contributed by atoms with Gasteiger partial charge in [-0.2, -0.15) is 0 Å². The lowest BCUT2D eigenvalue weighted by atomic mass is 10.3. The van der Waals surface area contributed by atoms with E-state index in [9.17, 15) is 0 Å². The maximum absolute atomic E-state index is 8.79. The summed E-state index contributed by atoms with van der Waals surface area (Å²) in [5.41, 5.74) is 1.58. The van der Waals surface area contributed by atoms with Crippen LogP contribution in [-0.4, -0.2) is 15.4 Å². The fraction of sp³-hybridized carbons (Fsp3) is 0.222. The van der Waals surface area contributed by atoms with Crippen molar-refractivity contribution < 1.29 is 5.11 Å². The van der Waals surface area contributed by atoms with E-state index in [-0.39, 0.29) is 6.61 Å².